The summed E-state index contributed by atoms with van der Waals surface area (Å²) in [5.74, 6) is -3.66. The zero-order valence-electron chi connectivity index (χ0n) is 39.1. The van der Waals surface area contributed by atoms with Gasteiger partial charge < -0.3 is 29.7 Å². The molecule has 0 radical (unpaired) electrons. The number of hydrogen-bond acceptors (Lipinski definition) is 7. The highest BCUT2D eigenvalue weighted by Gasteiger charge is 2.58. The number of alkyl carbamates (subject to hydrolysis) is 1. The molecule has 1 heterocycles. The van der Waals surface area contributed by atoms with E-state index < -0.39 is 76.4 Å². The lowest BCUT2D eigenvalue weighted by molar-refractivity contribution is -0.118. The van der Waals surface area contributed by atoms with E-state index in [-0.39, 0.29) is 49.7 Å². The minimum atomic E-state index is -1.45. The Kier molecular flexibility index (Phi) is 13.3. The molecule has 11 nitrogen and oxygen atoms in total. The number of anilines is 1. The second-order valence-electron chi connectivity index (χ2n) is 19.9. The first-order chi connectivity index (χ1) is 32.3. The molecule has 1 saturated heterocycles. The van der Waals surface area contributed by atoms with Crippen molar-refractivity contribution in [2.24, 2.45) is 0 Å². The van der Waals surface area contributed by atoms with Crippen molar-refractivity contribution in [2.75, 3.05) is 25.0 Å². The van der Waals surface area contributed by atoms with E-state index in [1.807, 2.05) is 36.4 Å². The topological polar surface area (TPSA) is 127 Å². The van der Waals surface area contributed by atoms with Gasteiger partial charge in [-0.3, -0.25) is 9.69 Å². The van der Waals surface area contributed by atoms with Crippen LogP contribution in [0.5, 0.6) is 0 Å². The fraction of sp³-hybridized carbons (Fsp3) is 0.370. The van der Waals surface area contributed by atoms with E-state index in [0.29, 0.717) is 24.0 Å². The van der Waals surface area contributed by atoms with Gasteiger partial charge in [-0.15, -0.1) is 0 Å². The molecule has 68 heavy (non-hydrogen) atoms. The summed E-state index contributed by atoms with van der Waals surface area (Å²) in [6, 6.07) is 29.0. The van der Waals surface area contributed by atoms with Crippen molar-refractivity contribution in [3.05, 3.63) is 161 Å². The Hall–Kier alpha value is -6.83. The average Bonchev–Trinajstić information content (AvgIpc) is 3.96. The molecule has 1 saturated carbocycles. The van der Waals surface area contributed by atoms with E-state index in [4.69, 9.17) is 14.2 Å². The highest BCUT2D eigenvalue weighted by molar-refractivity contribution is 5.98. The molecule has 5 aromatic rings. The van der Waals surface area contributed by atoms with Gasteiger partial charge in [0, 0.05) is 36.2 Å². The fourth-order valence-electron chi connectivity index (χ4n) is 9.56. The molecule has 0 bridgehead atoms. The van der Waals surface area contributed by atoms with Gasteiger partial charge in [0.15, 0.2) is 0 Å². The first-order valence-corrected chi connectivity index (χ1v) is 23.0. The molecule has 8 rings (SSSR count). The summed E-state index contributed by atoms with van der Waals surface area (Å²) < 4.78 is 62.4. The molecule has 3 aliphatic rings. The van der Waals surface area contributed by atoms with E-state index in [0.717, 1.165) is 22.3 Å². The lowest BCUT2D eigenvalue weighted by Gasteiger charge is -2.47. The smallest absolute Gasteiger partial charge is 0.410 e. The quantitative estimate of drug-likeness (QED) is 0.126. The number of carbonyl (C=O) groups excluding carboxylic acids is 4. The molecule has 0 aromatic heterocycles. The van der Waals surface area contributed by atoms with Crippen molar-refractivity contribution in [3.8, 4) is 11.1 Å². The van der Waals surface area contributed by atoms with Crippen molar-refractivity contribution in [3.63, 3.8) is 0 Å². The maximum atomic E-state index is 16.3. The number of fused-ring (bicyclic) bond motifs is 3. The van der Waals surface area contributed by atoms with Crippen LogP contribution in [0.25, 0.3) is 11.1 Å². The number of carbonyl (C=O) groups is 4. The molecule has 1 spiro atoms. The number of nitrogens with zero attached hydrogens (tertiary/aromatic N) is 2. The predicted octanol–water partition coefficient (Wildman–Crippen LogP) is 11.1. The van der Waals surface area contributed by atoms with Crippen LogP contribution in [0.15, 0.2) is 115 Å². The third kappa shape index (κ3) is 10.6. The molecule has 14 heteroatoms. The maximum Gasteiger partial charge on any atom is 0.410 e. The lowest BCUT2D eigenvalue weighted by atomic mass is 9.84. The standard InChI is InChI=1S/C54H57F3N4O7/c1-52(2,3)67-49(63)59-47(46(33-18-22-35(55)23-19-33)34-20-24-36(56)25-21-34)48(62)58-45-17-11-16-44(57)42(45)27-26-37-30-60(50(64)68-53(4,5)6)32-54(28-29-54)61(37)51(65)66-31-43-40-14-9-7-12-38(40)39-13-8-10-15-41(39)43/h7-25,37,43,46-47H,26-32H2,1-6H3,(H,58,62)(H,59,63). The van der Waals surface area contributed by atoms with E-state index in [1.165, 1.54) is 66.7 Å². The summed E-state index contributed by atoms with van der Waals surface area (Å²) in [4.78, 5) is 59.8. The molecular weight excluding hydrogens is 874 g/mol. The molecule has 2 unspecified atom stereocenters. The molecule has 2 atom stereocenters. The van der Waals surface area contributed by atoms with Crippen molar-refractivity contribution < 1.29 is 46.6 Å². The zero-order chi connectivity index (χ0) is 48.5. The third-order valence-electron chi connectivity index (χ3n) is 12.7. The molecule has 2 fully saturated rings. The van der Waals surface area contributed by atoms with Crippen LogP contribution >= 0.6 is 0 Å². The Morgan fingerprint density at radius 3 is 1.81 bits per heavy atom. The number of ether oxygens (including phenoxy) is 3. The highest BCUT2D eigenvalue weighted by Crippen LogP contribution is 2.49. The lowest BCUT2D eigenvalue weighted by Crippen LogP contribution is -2.63. The Morgan fingerprint density at radius 2 is 1.26 bits per heavy atom. The van der Waals surface area contributed by atoms with Gasteiger partial charge in [0.2, 0.25) is 5.91 Å². The molecule has 2 aliphatic carbocycles. The third-order valence-corrected chi connectivity index (χ3v) is 12.7. The van der Waals surface area contributed by atoms with Crippen LogP contribution < -0.4 is 10.6 Å². The van der Waals surface area contributed by atoms with Gasteiger partial charge in [-0.2, -0.15) is 0 Å². The molecule has 356 valence electrons. The van der Waals surface area contributed by atoms with Gasteiger partial charge in [0.05, 0.1) is 11.6 Å². The van der Waals surface area contributed by atoms with E-state index in [9.17, 15) is 28.0 Å². The summed E-state index contributed by atoms with van der Waals surface area (Å²) in [6.07, 6.45) is -0.610. The number of rotatable bonds is 11. The summed E-state index contributed by atoms with van der Waals surface area (Å²) >= 11 is 0. The summed E-state index contributed by atoms with van der Waals surface area (Å²) in [5.41, 5.74) is 2.89. The number of benzene rings is 5. The summed E-state index contributed by atoms with van der Waals surface area (Å²) in [5, 5.41) is 5.53. The van der Waals surface area contributed by atoms with E-state index in [1.54, 1.807) is 51.3 Å². The van der Waals surface area contributed by atoms with Crippen LogP contribution in [0.3, 0.4) is 0 Å². The van der Waals surface area contributed by atoms with Crippen molar-refractivity contribution in [1.29, 1.82) is 0 Å². The Balaban J connectivity index is 1.08. The van der Waals surface area contributed by atoms with E-state index in [2.05, 4.69) is 22.8 Å². The van der Waals surface area contributed by atoms with Gasteiger partial charge in [-0.25, -0.2) is 27.6 Å². The van der Waals surface area contributed by atoms with Crippen molar-refractivity contribution in [2.45, 2.75) is 108 Å². The van der Waals surface area contributed by atoms with Crippen LogP contribution in [0, 0.1) is 17.5 Å². The van der Waals surface area contributed by atoms with Crippen LogP contribution in [0.1, 0.15) is 100 Å². The van der Waals surface area contributed by atoms with E-state index >= 15 is 4.39 Å². The second-order valence-corrected chi connectivity index (χ2v) is 19.9. The minimum absolute atomic E-state index is 0.00185. The second kappa shape index (κ2) is 19.0. The molecule has 4 amide bonds. The number of halogens is 3. The SMILES string of the molecule is CC(C)(C)OC(=O)NC(C(=O)Nc1cccc(F)c1CCC1CN(C(=O)OC(C)(C)C)CC2(CC2)N1C(=O)OCC1c2ccccc2-c2ccccc21)C(c1ccc(F)cc1)c1ccc(F)cc1. The van der Waals surface area contributed by atoms with Gasteiger partial charge in [-0.05, 0) is 137 Å². The predicted molar refractivity (Wildman–Crippen MR) is 252 cm³/mol. The van der Waals surface area contributed by atoms with Crippen molar-refractivity contribution >= 4 is 29.9 Å². The molecule has 5 aromatic carbocycles. The monoisotopic (exact) mass is 930 g/mol. The molecule has 2 N–H and O–H groups in total. The average molecular weight is 931 g/mol. The number of amides is 4. The number of nitrogens with one attached hydrogen (secondary N) is 2. The van der Waals surface area contributed by atoms with Crippen LogP contribution in [-0.4, -0.2) is 82.5 Å². The normalized spacial score (nSPS) is 16.7. The Morgan fingerprint density at radius 1 is 0.706 bits per heavy atom. The summed E-state index contributed by atoms with van der Waals surface area (Å²) in [6.45, 7) is 10.7. The largest absolute Gasteiger partial charge is 0.448 e. The van der Waals surface area contributed by atoms with Gasteiger partial charge >= 0.3 is 18.3 Å². The van der Waals surface area contributed by atoms with Gasteiger partial charge in [0.25, 0.3) is 0 Å². The number of hydrogen-bond donors (Lipinski definition) is 2. The van der Waals surface area contributed by atoms with Gasteiger partial charge in [-0.1, -0.05) is 78.9 Å². The zero-order valence-corrected chi connectivity index (χ0v) is 39.1. The van der Waals surface area contributed by atoms with Crippen molar-refractivity contribution in [1.82, 2.24) is 15.1 Å². The maximum absolute atomic E-state index is 16.3. The Bertz CT molecular complexity index is 2590. The Labute approximate surface area is 395 Å². The summed E-state index contributed by atoms with van der Waals surface area (Å²) in [7, 11) is 0. The highest BCUT2D eigenvalue weighted by atomic mass is 19.1. The van der Waals surface area contributed by atoms with Crippen LogP contribution in [0.4, 0.5) is 33.2 Å². The molecular formula is C54H57F3N4O7. The van der Waals surface area contributed by atoms with Gasteiger partial charge in [0.1, 0.15) is 41.3 Å². The number of piperazine rings is 1. The first-order valence-electron chi connectivity index (χ1n) is 23.0. The van der Waals surface area contributed by atoms with Crippen LogP contribution in [-0.2, 0) is 25.4 Å². The fourth-order valence-corrected chi connectivity index (χ4v) is 9.56. The molecule has 1 aliphatic heterocycles. The van der Waals surface area contributed by atoms with Crippen LogP contribution in [0.2, 0.25) is 0 Å². The first kappa shape index (κ1) is 47.7. The minimum Gasteiger partial charge on any atom is -0.448 e.